The smallest absolute Gasteiger partial charge is 0.221 e. The Balaban J connectivity index is 2.26. The molecule has 106 valence electrons. The fourth-order valence-electron chi connectivity index (χ4n) is 1.68. The molecule has 1 aromatic rings. The van der Waals surface area contributed by atoms with Gasteiger partial charge in [-0.25, -0.2) is 0 Å². The summed E-state index contributed by atoms with van der Waals surface area (Å²) in [5, 5.41) is 6.86. The van der Waals surface area contributed by atoms with Gasteiger partial charge in [0.05, 0.1) is 0 Å². The van der Waals surface area contributed by atoms with Crippen molar-refractivity contribution in [3.8, 4) is 0 Å². The summed E-state index contributed by atoms with van der Waals surface area (Å²) < 4.78 is 0. The van der Waals surface area contributed by atoms with E-state index in [2.05, 4.69) is 24.5 Å². The molecule has 0 aromatic heterocycles. The molecule has 0 saturated heterocycles. The number of hydrogen-bond donors (Lipinski definition) is 2. The summed E-state index contributed by atoms with van der Waals surface area (Å²) in [5.74, 6) is 0.709. The third-order valence-electron chi connectivity index (χ3n) is 2.91. The maximum atomic E-state index is 11.6. The molecule has 0 aliphatic heterocycles. The van der Waals surface area contributed by atoms with E-state index in [-0.39, 0.29) is 5.91 Å². The first-order valence-corrected chi connectivity index (χ1v) is 7.13. The van der Waals surface area contributed by atoms with Gasteiger partial charge in [-0.05, 0) is 37.0 Å². The Morgan fingerprint density at radius 2 is 2.05 bits per heavy atom. The number of benzene rings is 1. The predicted octanol–water partition coefficient (Wildman–Crippen LogP) is 3.61. The van der Waals surface area contributed by atoms with Crippen LogP contribution in [0.1, 0.15) is 32.3 Å². The average molecular weight is 283 g/mol. The van der Waals surface area contributed by atoms with Gasteiger partial charge in [-0.3, -0.25) is 4.79 Å². The zero-order chi connectivity index (χ0) is 14.3. The molecule has 1 rings (SSSR count). The first kappa shape index (κ1) is 15.8. The van der Waals surface area contributed by atoms with Gasteiger partial charge in [0.1, 0.15) is 0 Å². The number of rotatable bonds is 7. The van der Waals surface area contributed by atoms with Gasteiger partial charge in [0.15, 0.2) is 0 Å². The molecule has 2 N–H and O–H groups in total. The van der Waals surface area contributed by atoms with Crippen molar-refractivity contribution in [1.82, 2.24) is 5.32 Å². The summed E-state index contributed by atoms with van der Waals surface area (Å²) in [6.45, 7) is 7.69. The fraction of sp³-hybridized carbons (Fsp3) is 0.533. The van der Waals surface area contributed by atoms with E-state index in [0.29, 0.717) is 23.9 Å². The average Bonchev–Trinajstić information content (AvgIpc) is 2.33. The van der Waals surface area contributed by atoms with Crippen molar-refractivity contribution in [3.05, 3.63) is 28.8 Å². The number of carbonyl (C=O) groups excluding carboxylic acids is 1. The summed E-state index contributed by atoms with van der Waals surface area (Å²) in [7, 11) is 0. The van der Waals surface area contributed by atoms with Crippen LogP contribution in [0.5, 0.6) is 0 Å². The lowest BCUT2D eigenvalue weighted by Crippen LogP contribution is -2.27. The van der Waals surface area contributed by atoms with Crippen LogP contribution in [0.15, 0.2) is 18.2 Å². The molecule has 0 atom stereocenters. The van der Waals surface area contributed by atoms with Gasteiger partial charge in [0, 0.05) is 30.2 Å². The molecule has 0 bridgehead atoms. The van der Waals surface area contributed by atoms with Crippen LogP contribution < -0.4 is 10.6 Å². The van der Waals surface area contributed by atoms with Gasteiger partial charge in [-0.15, -0.1) is 0 Å². The van der Waals surface area contributed by atoms with Crippen LogP contribution in [0.2, 0.25) is 5.02 Å². The molecular weight excluding hydrogens is 260 g/mol. The fourth-order valence-corrected chi connectivity index (χ4v) is 1.86. The molecule has 1 amide bonds. The number of hydrogen-bond acceptors (Lipinski definition) is 2. The van der Waals surface area contributed by atoms with Crippen molar-refractivity contribution < 1.29 is 4.79 Å². The van der Waals surface area contributed by atoms with Crippen LogP contribution in [-0.2, 0) is 4.79 Å². The van der Waals surface area contributed by atoms with E-state index in [9.17, 15) is 4.79 Å². The van der Waals surface area contributed by atoms with Gasteiger partial charge >= 0.3 is 0 Å². The number of nitrogens with one attached hydrogen (secondary N) is 2. The molecule has 1 aromatic carbocycles. The summed E-state index contributed by atoms with van der Waals surface area (Å²) in [5.41, 5.74) is 2.12. The van der Waals surface area contributed by atoms with Crippen molar-refractivity contribution in [1.29, 1.82) is 0 Å². The molecule has 0 unspecified atom stereocenters. The maximum absolute atomic E-state index is 11.6. The molecular formula is C15H23ClN2O. The van der Waals surface area contributed by atoms with Crippen molar-refractivity contribution in [2.75, 3.05) is 18.4 Å². The van der Waals surface area contributed by atoms with Gasteiger partial charge in [0.25, 0.3) is 0 Å². The van der Waals surface area contributed by atoms with Crippen LogP contribution >= 0.6 is 11.6 Å². The Morgan fingerprint density at radius 1 is 1.32 bits per heavy atom. The number of carbonyl (C=O) groups is 1. The Labute approximate surface area is 120 Å². The number of aryl methyl sites for hydroxylation is 1. The highest BCUT2D eigenvalue weighted by molar-refractivity contribution is 6.30. The lowest BCUT2D eigenvalue weighted by Gasteiger charge is -2.10. The number of amides is 1. The Kier molecular flexibility index (Phi) is 6.71. The molecule has 0 fully saturated rings. The standard InChI is InChI=1S/C15H23ClN2O/c1-11(2)6-8-18-15(19)7-9-17-14-10-13(16)5-4-12(14)3/h4-5,10-11,17H,6-9H2,1-3H3,(H,18,19). The highest BCUT2D eigenvalue weighted by atomic mass is 35.5. The van der Waals surface area contributed by atoms with Crippen LogP contribution in [0.25, 0.3) is 0 Å². The van der Waals surface area contributed by atoms with E-state index in [1.54, 1.807) is 0 Å². The third-order valence-corrected chi connectivity index (χ3v) is 3.15. The second-order valence-corrected chi connectivity index (χ2v) is 5.60. The predicted molar refractivity (Wildman–Crippen MR) is 81.8 cm³/mol. The topological polar surface area (TPSA) is 41.1 Å². The highest BCUT2D eigenvalue weighted by Gasteiger charge is 2.03. The van der Waals surface area contributed by atoms with E-state index in [1.807, 2.05) is 25.1 Å². The lowest BCUT2D eigenvalue weighted by molar-refractivity contribution is -0.120. The summed E-state index contributed by atoms with van der Waals surface area (Å²) >= 11 is 5.94. The molecule has 0 radical (unpaired) electrons. The minimum absolute atomic E-state index is 0.0906. The Hall–Kier alpha value is -1.22. The number of anilines is 1. The van der Waals surface area contributed by atoms with E-state index >= 15 is 0 Å². The van der Waals surface area contributed by atoms with E-state index < -0.39 is 0 Å². The van der Waals surface area contributed by atoms with Crippen molar-refractivity contribution in [2.24, 2.45) is 5.92 Å². The molecule has 0 aliphatic carbocycles. The van der Waals surface area contributed by atoms with E-state index in [4.69, 9.17) is 11.6 Å². The molecule has 19 heavy (non-hydrogen) atoms. The second-order valence-electron chi connectivity index (χ2n) is 5.17. The molecule has 0 spiro atoms. The molecule has 4 heteroatoms. The van der Waals surface area contributed by atoms with Gasteiger partial charge in [-0.1, -0.05) is 31.5 Å². The van der Waals surface area contributed by atoms with Crippen LogP contribution in [0, 0.1) is 12.8 Å². The molecule has 3 nitrogen and oxygen atoms in total. The van der Waals surface area contributed by atoms with Gasteiger partial charge < -0.3 is 10.6 Å². The summed E-state index contributed by atoms with van der Waals surface area (Å²) in [6.07, 6.45) is 1.50. The third kappa shape index (κ3) is 6.48. The normalized spacial score (nSPS) is 10.6. The Bertz CT molecular complexity index is 419. The minimum Gasteiger partial charge on any atom is -0.384 e. The van der Waals surface area contributed by atoms with Crippen molar-refractivity contribution in [2.45, 2.75) is 33.6 Å². The van der Waals surface area contributed by atoms with E-state index in [0.717, 1.165) is 24.2 Å². The molecule has 0 aliphatic rings. The SMILES string of the molecule is Cc1ccc(Cl)cc1NCCC(=O)NCCC(C)C. The maximum Gasteiger partial charge on any atom is 0.221 e. The zero-order valence-electron chi connectivity index (χ0n) is 11.9. The first-order chi connectivity index (χ1) is 8.99. The zero-order valence-corrected chi connectivity index (χ0v) is 12.7. The van der Waals surface area contributed by atoms with Gasteiger partial charge in [-0.2, -0.15) is 0 Å². The Morgan fingerprint density at radius 3 is 2.74 bits per heavy atom. The highest BCUT2D eigenvalue weighted by Crippen LogP contribution is 2.19. The number of halogens is 1. The summed E-state index contributed by atoms with van der Waals surface area (Å²) in [4.78, 5) is 11.6. The monoisotopic (exact) mass is 282 g/mol. The van der Waals surface area contributed by atoms with Crippen molar-refractivity contribution >= 4 is 23.2 Å². The molecule has 0 heterocycles. The van der Waals surface area contributed by atoms with Crippen LogP contribution in [0.3, 0.4) is 0 Å². The van der Waals surface area contributed by atoms with Crippen molar-refractivity contribution in [3.63, 3.8) is 0 Å². The van der Waals surface area contributed by atoms with Crippen LogP contribution in [0.4, 0.5) is 5.69 Å². The molecule has 0 saturated carbocycles. The van der Waals surface area contributed by atoms with E-state index in [1.165, 1.54) is 0 Å². The lowest BCUT2D eigenvalue weighted by atomic mass is 10.1. The first-order valence-electron chi connectivity index (χ1n) is 6.75. The van der Waals surface area contributed by atoms with Crippen LogP contribution in [-0.4, -0.2) is 19.0 Å². The summed E-state index contributed by atoms with van der Waals surface area (Å²) in [6, 6.07) is 5.71. The van der Waals surface area contributed by atoms with Gasteiger partial charge in [0.2, 0.25) is 5.91 Å². The minimum atomic E-state index is 0.0906. The second kappa shape index (κ2) is 8.05. The largest absolute Gasteiger partial charge is 0.384 e. The quantitative estimate of drug-likeness (QED) is 0.802.